The molecule has 2 aromatic carbocycles. The Bertz CT molecular complexity index is 949. The topological polar surface area (TPSA) is 86.3 Å². The number of fused-ring (bicyclic) bond motifs is 3. The van der Waals surface area contributed by atoms with Gasteiger partial charge < -0.3 is 10.0 Å². The third kappa shape index (κ3) is 2.76. The molecule has 0 aliphatic carbocycles. The fraction of sp³-hybridized carbons (Fsp3) is 0.211. The van der Waals surface area contributed by atoms with Gasteiger partial charge in [-0.1, -0.05) is 24.3 Å². The first-order chi connectivity index (χ1) is 12.1. The molecule has 0 spiro atoms. The molecule has 1 aliphatic rings. The number of amides is 1. The predicted molar refractivity (Wildman–Crippen MR) is 93.2 cm³/mol. The fourth-order valence-corrected chi connectivity index (χ4v) is 3.51. The van der Waals surface area contributed by atoms with Crippen LogP contribution in [-0.2, 0) is 22.6 Å². The molecule has 1 unspecified atom stereocenters. The highest BCUT2D eigenvalue weighted by molar-refractivity contribution is 5.98. The summed E-state index contributed by atoms with van der Waals surface area (Å²) >= 11 is 0. The van der Waals surface area contributed by atoms with Crippen LogP contribution in [0, 0.1) is 5.92 Å². The molecule has 2 N–H and O–H groups in total. The number of anilines is 1. The van der Waals surface area contributed by atoms with Gasteiger partial charge in [0.05, 0.1) is 30.6 Å². The number of carbonyl (C=O) groups excluding carboxylic acids is 1. The maximum absolute atomic E-state index is 13.1. The van der Waals surface area contributed by atoms with Gasteiger partial charge in [-0.3, -0.25) is 14.7 Å². The van der Waals surface area contributed by atoms with Crippen LogP contribution in [0.25, 0.3) is 10.9 Å². The van der Waals surface area contributed by atoms with Crippen molar-refractivity contribution in [2.75, 3.05) is 4.90 Å². The molecule has 1 amide bonds. The molecular weight excluding hydrogens is 318 g/mol. The molecule has 6 heteroatoms. The number of aliphatic carboxylic acids is 1. The third-order valence-corrected chi connectivity index (χ3v) is 4.72. The lowest BCUT2D eigenvalue weighted by atomic mass is 9.93. The van der Waals surface area contributed by atoms with E-state index in [4.69, 9.17) is 0 Å². The van der Waals surface area contributed by atoms with Gasteiger partial charge in [-0.25, -0.2) is 0 Å². The first kappa shape index (κ1) is 15.4. The van der Waals surface area contributed by atoms with E-state index >= 15 is 0 Å². The molecule has 0 fully saturated rings. The summed E-state index contributed by atoms with van der Waals surface area (Å²) in [4.78, 5) is 26.0. The fourth-order valence-electron chi connectivity index (χ4n) is 3.51. The summed E-state index contributed by atoms with van der Waals surface area (Å²) in [5, 5.41) is 17.3. The second-order valence-corrected chi connectivity index (χ2v) is 6.29. The van der Waals surface area contributed by atoms with Gasteiger partial charge in [0.25, 0.3) is 0 Å². The first-order valence-electron chi connectivity index (χ1n) is 8.15. The van der Waals surface area contributed by atoms with Gasteiger partial charge in [0.1, 0.15) is 0 Å². The lowest BCUT2D eigenvalue weighted by Gasteiger charge is -2.24. The Balaban J connectivity index is 1.85. The Morgan fingerprint density at radius 3 is 2.80 bits per heavy atom. The molecule has 0 radical (unpaired) electrons. The predicted octanol–water partition coefficient (Wildman–Crippen LogP) is 2.74. The van der Waals surface area contributed by atoms with E-state index in [1.54, 1.807) is 11.1 Å². The molecule has 1 atom stereocenters. The quantitative estimate of drug-likeness (QED) is 0.770. The molecule has 0 bridgehead atoms. The Hall–Kier alpha value is -3.15. The summed E-state index contributed by atoms with van der Waals surface area (Å²) in [5.74, 6) is -1.69. The highest BCUT2D eigenvalue weighted by Gasteiger charge is 2.32. The van der Waals surface area contributed by atoms with Gasteiger partial charge in [-0.2, -0.15) is 5.10 Å². The Labute approximate surface area is 144 Å². The summed E-state index contributed by atoms with van der Waals surface area (Å²) in [7, 11) is 0. The van der Waals surface area contributed by atoms with Crippen LogP contribution in [0.15, 0.2) is 48.7 Å². The number of hydrogen-bond acceptors (Lipinski definition) is 3. The average molecular weight is 335 g/mol. The normalized spacial score (nSPS) is 17.4. The van der Waals surface area contributed by atoms with Crippen molar-refractivity contribution in [2.45, 2.75) is 19.4 Å². The van der Waals surface area contributed by atoms with E-state index in [0.717, 1.165) is 27.7 Å². The van der Waals surface area contributed by atoms with Crippen LogP contribution in [0.2, 0.25) is 0 Å². The zero-order valence-electron chi connectivity index (χ0n) is 13.5. The second kappa shape index (κ2) is 6.05. The molecule has 2 heterocycles. The minimum Gasteiger partial charge on any atom is -0.481 e. The van der Waals surface area contributed by atoms with Gasteiger partial charge in [-0.05, 0) is 35.7 Å². The van der Waals surface area contributed by atoms with Crippen molar-refractivity contribution in [3.05, 3.63) is 59.8 Å². The van der Waals surface area contributed by atoms with Crippen LogP contribution in [-0.4, -0.2) is 27.2 Å². The monoisotopic (exact) mass is 335 g/mol. The largest absolute Gasteiger partial charge is 0.481 e. The molecule has 4 rings (SSSR count). The molecular formula is C19H17N3O3. The molecule has 3 aromatic rings. The molecule has 0 saturated carbocycles. The molecule has 25 heavy (non-hydrogen) atoms. The second-order valence-electron chi connectivity index (χ2n) is 6.29. The van der Waals surface area contributed by atoms with E-state index < -0.39 is 11.9 Å². The van der Waals surface area contributed by atoms with E-state index in [1.165, 1.54) is 0 Å². The number of para-hydroxylation sites is 1. The van der Waals surface area contributed by atoms with Crippen molar-refractivity contribution in [3.63, 3.8) is 0 Å². The molecule has 6 nitrogen and oxygen atoms in total. The Morgan fingerprint density at radius 1 is 1.24 bits per heavy atom. The molecule has 0 saturated heterocycles. The number of benzene rings is 2. The minimum absolute atomic E-state index is 0.151. The zero-order chi connectivity index (χ0) is 17.4. The number of rotatable bonds is 3. The van der Waals surface area contributed by atoms with Gasteiger partial charge >= 0.3 is 5.97 Å². The van der Waals surface area contributed by atoms with Crippen LogP contribution in [0.4, 0.5) is 5.69 Å². The minimum atomic E-state index is -0.959. The molecule has 126 valence electrons. The van der Waals surface area contributed by atoms with E-state index in [1.807, 2.05) is 42.5 Å². The summed E-state index contributed by atoms with van der Waals surface area (Å²) < 4.78 is 0. The maximum atomic E-state index is 13.1. The third-order valence-electron chi connectivity index (χ3n) is 4.72. The molecule has 1 aromatic heterocycles. The zero-order valence-corrected chi connectivity index (χ0v) is 13.5. The van der Waals surface area contributed by atoms with E-state index in [2.05, 4.69) is 10.2 Å². The lowest BCUT2D eigenvalue weighted by Crippen LogP contribution is -2.35. The standard InChI is InChI=1S/C19H17N3O3/c23-18(24)9-13-8-12-6-7-17-15(10-20-21-17)16(12)11-22(19(13)25)14-4-2-1-3-5-14/h1-7,10,13H,8-9,11H2,(H,20,21)(H,23,24). The summed E-state index contributed by atoms with van der Waals surface area (Å²) in [5.41, 5.74) is 3.72. The number of aromatic nitrogens is 2. The van der Waals surface area contributed by atoms with Crippen LogP contribution >= 0.6 is 0 Å². The van der Waals surface area contributed by atoms with Gasteiger partial charge in [0.15, 0.2) is 0 Å². The number of carbonyl (C=O) groups is 2. The molecule has 1 aliphatic heterocycles. The average Bonchev–Trinajstić information content (AvgIpc) is 3.04. The van der Waals surface area contributed by atoms with Crippen LogP contribution in [0.5, 0.6) is 0 Å². The van der Waals surface area contributed by atoms with Crippen molar-refractivity contribution < 1.29 is 14.7 Å². The van der Waals surface area contributed by atoms with Gasteiger partial charge in [-0.15, -0.1) is 0 Å². The Kier molecular flexibility index (Phi) is 3.72. The SMILES string of the molecule is O=C(O)CC1Cc2ccc3[nH]ncc3c2CN(c2ccccc2)C1=O. The van der Waals surface area contributed by atoms with Crippen molar-refractivity contribution in [3.8, 4) is 0 Å². The van der Waals surface area contributed by atoms with Crippen LogP contribution < -0.4 is 4.90 Å². The number of H-pyrrole nitrogens is 1. The van der Waals surface area contributed by atoms with Crippen molar-refractivity contribution in [1.29, 1.82) is 0 Å². The van der Waals surface area contributed by atoms with Gasteiger partial charge in [0.2, 0.25) is 5.91 Å². The number of hydrogen-bond donors (Lipinski definition) is 2. The first-order valence-corrected chi connectivity index (χ1v) is 8.15. The number of carboxylic acids is 1. The highest BCUT2D eigenvalue weighted by Crippen LogP contribution is 2.32. The van der Waals surface area contributed by atoms with E-state index in [0.29, 0.717) is 13.0 Å². The summed E-state index contributed by atoms with van der Waals surface area (Å²) in [6.45, 7) is 0.408. The van der Waals surface area contributed by atoms with E-state index in [9.17, 15) is 14.7 Å². The maximum Gasteiger partial charge on any atom is 0.304 e. The number of nitrogens with one attached hydrogen (secondary N) is 1. The summed E-state index contributed by atoms with van der Waals surface area (Å²) in [6, 6.07) is 13.3. The van der Waals surface area contributed by atoms with Gasteiger partial charge in [0, 0.05) is 11.1 Å². The number of nitrogens with zero attached hydrogens (tertiary/aromatic N) is 2. The summed E-state index contributed by atoms with van der Waals surface area (Å²) in [6.07, 6.45) is 2.01. The Morgan fingerprint density at radius 2 is 2.04 bits per heavy atom. The lowest BCUT2D eigenvalue weighted by molar-refractivity contribution is -0.140. The number of aromatic amines is 1. The van der Waals surface area contributed by atoms with Crippen LogP contribution in [0.3, 0.4) is 0 Å². The van der Waals surface area contributed by atoms with Crippen molar-refractivity contribution >= 4 is 28.5 Å². The number of carboxylic acid groups (broad SMARTS) is 1. The van der Waals surface area contributed by atoms with E-state index in [-0.39, 0.29) is 12.3 Å². The van der Waals surface area contributed by atoms with Crippen molar-refractivity contribution in [2.24, 2.45) is 5.92 Å². The van der Waals surface area contributed by atoms with Crippen LogP contribution in [0.1, 0.15) is 17.5 Å². The van der Waals surface area contributed by atoms with Crippen molar-refractivity contribution in [1.82, 2.24) is 10.2 Å². The smallest absolute Gasteiger partial charge is 0.304 e. The highest BCUT2D eigenvalue weighted by atomic mass is 16.4.